The van der Waals surface area contributed by atoms with Crippen LogP contribution in [-0.2, 0) is 24.2 Å². The summed E-state index contributed by atoms with van der Waals surface area (Å²) in [6.45, 7) is 11.8. The van der Waals surface area contributed by atoms with E-state index in [0.29, 0.717) is 47.8 Å². The van der Waals surface area contributed by atoms with E-state index >= 15 is 0 Å². The number of phenols is 2. The third kappa shape index (κ3) is 8.23. The van der Waals surface area contributed by atoms with Crippen molar-refractivity contribution >= 4 is 0 Å². The van der Waals surface area contributed by atoms with Crippen LogP contribution in [0.3, 0.4) is 0 Å². The molecule has 0 heterocycles. The lowest BCUT2D eigenvalue weighted by molar-refractivity contribution is 0.0411. The van der Waals surface area contributed by atoms with E-state index in [2.05, 4.69) is 27.7 Å². The molecule has 0 aromatic heterocycles. The van der Waals surface area contributed by atoms with Gasteiger partial charge in [0.1, 0.15) is 11.5 Å². The largest absolute Gasteiger partial charge is 0.508 e. The van der Waals surface area contributed by atoms with E-state index in [1.54, 1.807) is 32.0 Å². The number of benzene rings is 2. The minimum absolute atomic E-state index is 0.0250. The first-order chi connectivity index (χ1) is 16.3. The van der Waals surface area contributed by atoms with Gasteiger partial charge in [0.25, 0.3) is 0 Å². The molecule has 0 aliphatic carbocycles. The van der Waals surface area contributed by atoms with Gasteiger partial charge in [0.15, 0.2) is 0 Å². The number of phenolic OH excluding ortho intramolecular Hbond substituents is 2. The number of hydrogen-bond acceptors (Lipinski definition) is 5. The first-order valence-corrected chi connectivity index (χ1v) is 13.0. The Morgan fingerprint density at radius 2 is 1.23 bits per heavy atom. The van der Waals surface area contributed by atoms with Crippen molar-refractivity contribution in [3.05, 3.63) is 58.1 Å². The monoisotopic (exact) mass is 486 g/mol. The number of aliphatic hydroxyl groups excluding tert-OH is 1. The summed E-state index contributed by atoms with van der Waals surface area (Å²) in [7, 11) is 0. The second-order valence-corrected chi connectivity index (χ2v) is 11.4. The Hall–Kier alpha value is -2.08. The Labute approximate surface area is 211 Å². The summed E-state index contributed by atoms with van der Waals surface area (Å²) >= 11 is 0. The molecule has 5 nitrogen and oxygen atoms in total. The zero-order valence-electron chi connectivity index (χ0n) is 22.4. The van der Waals surface area contributed by atoms with Crippen molar-refractivity contribution in [2.75, 3.05) is 0 Å². The summed E-state index contributed by atoms with van der Waals surface area (Å²) in [6, 6.07) is 8.59. The van der Waals surface area contributed by atoms with Gasteiger partial charge in [-0.25, -0.2) is 0 Å². The van der Waals surface area contributed by atoms with Crippen molar-refractivity contribution in [2.24, 2.45) is 11.8 Å². The molecule has 0 amide bonds. The molecule has 0 aliphatic rings. The quantitative estimate of drug-likeness (QED) is 0.230. The van der Waals surface area contributed by atoms with E-state index < -0.39 is 11.2 Å². The second-order valence-electron chi connectivity index (χ2n) is 11.4. The van der Waals surface area contributed by atoms with E-state index in [9.17, 15) is 25.5 Å². The molecule has 2 rings (SSSR count). The van der Waals surface area contributed by atoms with Gasteiger partial charge < -0.3 is 25.5 Å². The maximum atomic E-state index is 11.1. The molecule has 196 valence electrons. The van der Waals surface area contributed by atoms with Gasteiger partial charge >= 0.3 is 0 Å². The van der Waals surface area contributed by atoms with E-state index in [1.165, 1.54) is 6.07 Å². The zero-order valence-corrected chi connectivity index (χ0v) is 22.4. The molecule has 35 heavy (non-hydrogen) atoms. The first-order valence-electron chi connectivity index (χ1n) is 13.0. The van der Waals surface area contributed by atoms with Crippen LogP contribution in [0.1, 0.15) is 108 Å². The highest BCUT2D eigenvalue weighted by Gasteiger charge is 2.28. The smallest absolute Gasteiger partial charge is 0.122 e. The minimum Gasteiger partial charge on any atom is -0.508 e. The highest BCUT2D eigenvalue weighted by molar-refractivity contribution is 5.48. The van der Waals surface area contributed by atoms with Crippen molar-refractivity contribution < 1.29 is 25.5 Å². The zero-order chi connectivity index (χ0) is 26.4. The Bertz CT molecular complexity index is 959. The molecule has 5 N–H and O–H groups in total. The van der Waals surface area contributed by atoms with Gasteiger partial charge in [-0.2, -0.15) is 0 Å². The molecule has 0 saturated heterocycles. The van der Waals surface area contributed by atoms with Crippen LogP contribution in [0, 0.1) is 11.8 Å². The van der Waals surface area contributed by atoms with E-state index in [-0.39, 0.29) is 18.1 Å². The standard InChI is InChI=1S/C30H46O5/c1-20(2)9-7-13-29(5,34)25-12-11-22(16-27(25)32)15-23-17-26(28(33)18-24(23)19-31)30(6,35)14-8-10-21(3)4/h11-12,16-18,20-21,31-35H,7-10,13-15,19H2,1-6H3/t29-,30-/m0/s1. The van der Waals surface area contributed by atoms with Gasteiger partial charge in [-0.15, -0.1) is 0 Å². The normalized spacial score (nSPS) is 15.4. The molecule has 0 saturated carbocycles. The van der Waals surface area contributed by atoms with Gasteiger partial charge in [-0.05, 0) is 92.7 Å². The molecule has 5 heteroatoms. The van der Waals surface area contributed by atoms with Crippen molar-refractivity contribution in [1.29, 1.82) is 0 Å². The summed E-state index contributed by atoms with van der Waals surface area (Å²) < 4.78 is 0. The van der Waals surface area contributed by atoms with Crippen LogP contribution in [-0.4, -0.2) is 25.5 Å². The predicted molar refractivity (Wildman–Crippen MR) is 141 cm³/mol. The van der Waals surface area contributed by atoms with Crippen LogP contribution in [0.4, 0.5) is 0 Å². The lowest BCUT2D eigenvalue weighted by atomic mass is 9.85. The molecule has 2 atom stereocenters. The maximum Gasteiger partial charge on any atom is 0.122 e. The molecule has 2 aromatic carbocycles. The summed E-state index contributed by atoms with van der Waals surface area (Å²) in [4.78, 5) is 0. The summed E-state index contributed by atoms with van der Waals surface area (Å²) in [6.07, 6.45) is 5.23. The van der Waals surface area contributed by atoms with Gasteiger partial charge in [-0.1, -0.05) is 52.7 Å². The van der Waals surface area contributed by atoms with Crippen molar-refractivity contribution in [3.8, 4) is 11.5 Å². The third-order valence-electron chi connectivity index (χ3n) is 7.00. The number of aromatic hydroxyl groups is 2. The molecule has 0 unspecified atom stereocenters. The lowest BCUT2D eigenvalue weighted by Gasteiger charge is -2.27. The Kier molecular flexibility index (Phi) is 10.2. The van der Waals surface area contributed by atoms with E-state index in [1.807, 2.05) is 6.07 Å². The molecular formula is C30H46O5. The van der Waals surface area contributed by atoms with Crippen molar-refractivity contribution in [3.63, 3.8) is 0 Å². The van der Waals surface area contributed by atoms with Crippen LogP contribution in [0.5, 0.6) is 11.5 Å². The molecule has 0 bridgehead atoms. The van der Waals surface area contributed by atoms with E-state index in [0.717, 1.165) is 36.8 Å². The minimum atomic E-state index is -1.19. The summed E-state index contributed by atoms with van der Waals surface area (Å²) in [5.41, 5.74) is 0.814. The van der Waals surface area contributed by atoms with Crippen LogP contribution in [0.25, 0.3) is 0 Å². The molecular weight excluding hydrogens is 440 g/mol. The average Bonchev–Trinajstić information content (AvgIpc) is 2.73. The van der Waals surface area contributed by atoms with Gasteiger partial charge in [0.2, 0.25) is 0 Å². The van der Waals surface area contributed by atoms with Crippen LogP contribution in [0.15, 0.2) is 30.3 Å². The number of rotatable bonds is 13. The second kappa shape index (κ2) is 12.2. The Morgan fingerprint density at radius 3 is 1.71 bits per heavy atom. The fourth-order valence-corrected chi connectivity index (χ4v) is 4.76. The summed E-state index contributed by atoms with van der Waals surface area (Å²) in [5, 5.41) is 53.3. The van der Waals surface area contributed by atoms with Crippen molar-refractivity contribution in [2.45, 2.75) is 104 Å². The topological polar surface area (TPSA) is 101 Å². The van der Waals surface area contributed by atoms with Gasteiger partial charge in [0, 0.05) is 11.1 Å². The van der Waals surface area contributed by atoms with Crippen molar-refractivity contribution in [1.82, 2.24) is 0 Å². The Morgan fingerprint density at radius 1 is 0.714 bits per heavy atom. The molecule has 0 spiro atoms. The maximum absolute atomic E-state index is 11.1. The van der Waals surface area contributed by atoms with Crippen LogP contribution in [0.2, 0.25) is 0 Å². The first kappa shape index (κ1) is 29.2. The third-order valence-corrected chi connectivity index (χ3v) is 7.00. The van der Waals surface area contributed by atoms with Gasteiger partial charge in [0.05, 0.1) is 17.8 Å². The number of hydrogen-bond donors (Lipinski definition) is 5. The molecule has 0 fully saturated rings. The Balaban J connectivity index is 2.28. The lowest BCUT2D eigenvalue weighted by Crippen LogP contribution is -2.22. The average molecular weight is 487 g/mol. The highest BCUT2D eigenvalue weighted by Crippen LogP contribution is 2.38. The fraction of sp³-hybridized carbons (Fsp3) is 0.600. The van der Waals surface area contributed by atoms with Crippen LogP contribution < -0.4 is 0 Å². The molecule has 0 aliphatic heterocycles. The SMILES string of the molecule is CC(C)CCC[C@](C)(O)c1ccc(Cc2cc([C@@](C)(O)CCCC(C)C)c(O)cc2CO)cc1O. The molecule has 0 radical (unpaired) electrons. The number of aliphatic hydroxyl groups is 3. The fourth-order valence-electron chi connectivity index (χ4n) is 4.76. The molecule has 2 aromatic rings. The predicted octanol–water partition coefficient (Wildman–Crippen LogP) is 6.25. The van der Waals surface area contributed by atoms with E-state index in [4.69, 9.17) is 0 Å². The van der Waals surface area contributed by atoms with Gasteiger partial charge in [-0.3, -0.25) is 0 Å². The summed E-state index contributed by atoms with van der Waals surface area (Å²) in [5.74, 6) is 1.12. The van der Waals surface area contributed by atoms with Crippen LogP contribution >= 0.6 is 0 Å². The highest BCUT2D eigenvalue weighted by atomic mass is 16.3.